The maximum atomic E-state index is 5.42. The molecule has 3 aromatic rings. The van der Waals surface area contributed by atoms with Gasteiger partial charge in [-0.15, -0.1) is 10.2 Å². The lowest BCUT2D eigenvalue weighted by Gasteiger charge is -2.17. The van der Waals surface area contributed by atoms with Crippen molar-refractivity contribution in [3.8, 4) is 5.75 Å². The quantitative estimate of drug-likeness (QED) is 0.761. The largest absolute Gasteiger partial charge is 0.496 e. The molecular weight excluding hydrogens is 344 g/mol. The van der Waals surface area contributed by atoms with E-state index in [1.807, 2.05) is 36.4 Å². The van der Waals surface area contributed by atoms with Crippen molar-refractivity contribution in [3.05, 3.63) is 45.8 Å². The highest BCUT2D eigenvalue weighted by Crippen LogP contribution is 2.35. The van der Waals surface area contributed by atoms with Gasteiger partial charge in [0.15, 0.2) is 5.65 Å². The van der Waals surface area contributed by atoms with Gasteiger partial charge >= 0.3 is 0 Å². The van der Waals surface area contributed by atoms with E-state index >= 15 is 0 Å². The maximum absolute atomic E-state index is 5.42. The highest BCUT2D eigenvalue weighted by molar-refractivity contribution is 9.10. The second-order valence-corrected chi connectivity index (χ2v) is 6.10. The molecule has 1 N–H and O–H groups in total. The first kappa shape index (κ1) is 14.8. The second kappa shape index (κ2) is 5.61. The first-order valence-electron chi connectivity index (χ1n) is 6.93. The summed E-state index contributed by atoms with van der Waals surface area (Å²) in [5.41, 5.74) is 5.97. The number of nitrogens with zero attached hydrogens (tertiary/aromatic N) is 3. The van der Waals surface area contributed by atoms with Crippen LogP contribution in [0.15, 0.2) is 29.0 Å². The number of hydrogen-bond acceptors (Lipinski definition) is 4. The summed E-state index contributed by atoms with van der Waals surface area (Å²) in [6.07, 6.45) is 1.72. The van der Waals surface area contributed by atoms with Crippen LogP contribution in [-0.4, -0.2) is 21.7 Å². The Bertz CT molecular complexity index is 857. The molecule has 5 nitrogen and oxygen atoms in total. The third kappa shape index (κ3) is 2.33. The van der Waals surface area contributed by atoms with Crippen LogP contribution in [0.25, 0.3) is 5.65 Å². The summed E-state index contributed by atoms with van der Waals surface area (Å²) in [7, 11) is 1.68. The van der Waals surface area contributed by atoms with E-state index in [0.29, 0.717) is 0 Å². The molecule has 0 saturated carbocycles. The SMILES string of the molecule is COc1ccc(C)c(Nc2c(Br)cc(C)n3cnnc23)c1C. The smallest absolute Gasteiger partial charge is 0.185 e. The summed E-state index contributed by atoms with van der Waals surface area (Å²) in [6, 6.07) is 6.06. The van der Waals surface area contributed by atoms with Crippen molar-refractivity contribution in [1.29, 1.82) is 0 Å². The van der Waals surface area contributed by atoms with Crippen LogP contribution in [0.2, 0.25) is 0 Å². The molecule has 0 spiro atoms. The molecule has 3 rings (SSSR count). The molecule has 0 radical (unpaired) electrons. The predicted octanol–water partition coefficient (Wildman–Crippen LogP) is 4.17. The van der Waals surface area contributed by atoms with Crippen LogP contribution in [0.1, 0.15) is 16.8 Å². The van der Waals surface area contributed by atoms with E-state index < -0.39 is 0 Å². The molecule has 0 saturated heterocycles. The van der Waals surface area contributed by atoms with Crippen LogP contribution in [0.4, 0.5) is 11.4 Å². The molecule has 0 atom stereocenters. The van der Waals surface area contributed by atoms with E-state index in [1.165, 1.54) is 0 Å². The zero-order valence-corrected chi connectivity index (χ0v) is 14.5. The third-order valence-corrected chi connectivity index (χ3v) is 4.44. The molecule has 0 fully saturated rings. The van der Waals surface area contributed by atoms with Gasteiger partial charge in [0.05, 0.1) is 12.8 Å². The van der Waals surface area contributed by atoms with Crippen molar-refractivity contribution < 1.29 is 4.74 Å². The fourth-order valence-corrected chi connectivity index (χ4v) is 3.19. The Hall–Kier alpha value is -2.08. The predicted molar refractivity (Wildman–Crippen MR) is 91.2 cm³/mol. The van der Waals surface area contributed by atoms with Gasteiger partial charge in [-0.2, -0.15) is 0 Å². The molecular formula is C16H17BrN4O. The van der Waals surface area contributed by atoms with E-state index in [9.17, 15) is 0 Å². The Morgan fingerprint density at radius 2 is 1.95 bits per heavy atom. The van der Waals surface area contributed by atoms with Crippen LogP contribution in [0.5, 0.6) is 5.75 Å². The van der Waals surface area contributed by atoms with Gasteiger partial charge in [-0.05, 0) is 54.4 Å². The van der Waals surface area contributed by atoms with Gasteiger partial charge < -0.3 is 10.1 Å². The van der Waals surface area contributed by atoms with E-state index in [2.05, 4.69) is 38.4 Å². The number of pyridine rings is 1. The van der Waals surface area contributed by atoms with Gasteiger partial charge in [-0.1, -0.05) is 6.07 Å². The first-order chi connectivity index (χ1) is 10.5. The van der Waals surface area contributed by atoms with Crippen LogP contribution in [0, 0.1) is 20.8 Å². The van der Waals surface area contributed by atoms with E-state index in [0.717, 1.165) is 44.1 Å². The molecule has 6 heteroatoms. The van der Waals surface area contributed by atoms with Crippen LogP contribution in [0.3, 0.4) is 0 Å². The van der Waals surface area contributed by atoms with Crippen molar-refractivity contribution in [1.82, 2.24) is 14.6 Å². The number of ether oxygens (including phenoxy) is 1. The summed E-state index contributed by atoms with van der Waals surface area (Å²) in [6.45, 7) is 6.13. The van der Waals surface area contributed by atoms with Gasteiger partial charge in [-0.3, -0.25) is 4.40 Å². The summed E-state index contributed by atoms with van der Waals surface area (Å²) in [4.78, 5) is 0. The Balaban J connectivity index is 2.17. The third-order valence-electron chi connectivity index (χ3n) is 3.82. The maximum Gasteiger partial charge on any atom is 0.185 e. The van der Waals surface area contributed by atoms with Crippen molar-refractivity contribution in [3.63, 3.8) is 0 Å². The number of fused-ring (bicyclic) bond motifs is 1. The van der Waals surface area contributed by atoms with Crippen LogP contribution in [-0.2, 0) is 0 Å². The lowest BCUT2D eigenvalue weighted by Crippen LogP contribution is -2.02. The fourth-order valence-electron chi connectivity index (χ4n) is 2.58. The topological polar surface area (TPSA) is 51.5 Å². The normalized spacial score (nSPS) is 11.0. The Morgan fingerprint density at radius 3 is 2.68 bits per heavy atom. The molecule has 114 valence electrons. The van der Waals surface area contributed by atoms with E-state index in [1.54, 1.807) is 13.4 Å². The summed E-state index contributed by atoms with van der Waals surface area (Å²) in [5.74, 6) is 0.855. The summed E-state index contributed by atoms with van der Waals surface area (Å²) >= 11 is 3.62. The first-order valence-corrected chi connectivity index (χ1v) is 7.72. The molecule has 0 aliphatic heterocycles. The van der Waals surface area contributed by atoms with Crippen LogP contribution >= 0.6 is 15.9 Å². The number of hydrogen-bond donors (Lipinski definition) is 1. The molecule has 2 aromatic heterocycles. The minimum absolute atomic E-state index is 0.786. The number of nitrogens with one attached hydrogen (secondary N) is 1. The van der Waals surface area contributed by atoms with Crippen LogP contribution < -0.4 is 10.1 Å². The van der Waals surface area contributed by atoms with E-state index in [4.69, 9.17) is 4.74 Å². The fraction of sp³-hybridized carbons (Fsp3) is 0.250. The lowest BCUT2D eigenvalue weighted by atomic mass is 10.1. The summed E-state index contributed by atoms with van der Waals surface area (Å²) < 4.78 is 8.32. The average molecular weight is 361 g/mol. The molecule has 22 heavy (non-hydrogen) atoms. The Morgan fingerprint density at radius 1 is 1.18 bits per heavy atom. The molecule has 0 bridgehead atoms. The molecule has 0 unspecified atom stereocenters. The highest BCUT2D eigenvalue weighted by Gasteiger charge is 2.14. The number of rotatable bonds is 3. The minimum atomic E-state index is 0.786. The number of halogens is 1. The standard InChI is InChI=1S/C16H17BrN4O/c1-9-5-6-13(22-4)11(3)14(9)19-15-12(17)7-10(2)21-8-18-20-16(15)21/h5-8,19H,1-4H3. The van der Waals surface area contributed by atoms with Gasteiger partial charge in [0.2, 0.25) is 0 Å². The zero-order valence-electron chi connectivity index (χ0n) is 12.9. The monoisotopic (exact) mass is 360 g/mol. The number of methoxy groups -OCH3 is 1. The molecule has 1 aromatic carbocycles. The minimum Gasteiger partial charge on any atom is -0.496 e. The Labute approximate surface area is 137 Å². The average Bonchev–Trinajstić information content (AvgIpc) is 2.96. The molecule has 0 aliphatic carbocycles. The van der Waals surface area contributed by atoms with Gasteiger partial charge in [-0.25, -0.2) is 0 Å². The number of aromatic nitrogens is 3. The zero-order chi connectivity index (χ0) is 15.9. The second-order valence-electron chi connectivity index (χ2n) is 5.24. The summed E-state index contributed by atoms with van der Waals surface area (Å²) in [5, 5.41) is 11.7. The number of benzene rings is 1. The molecule has 0 aliphatic rings. The van der Waals surface area contributed by atoms with Gasteiger partial charge in [0.1, 0.15) is 12.1 Å². The van der Waals surface area contributed by atoms with Crippen molar-refractivity contribution in [2.24, 2.45) is 0 Å². The highest BCUT2D eigenvalue weighted by atomic mass is 79.9. The van der Waals surface area contributed by atoms with E-state index in [-0.39, 0.29) is 0 Å². The van der Waals surface area contributed by atoms with Crippen molar-refractivity contribution in [2.75, 3.05) is 12.4 Å². The van der Waals surface area contributed by atoms with Crippen molar-refractivity contribution in [2.45, 2.75) is 20.8 Å². The lowest BCUT2D eigenvalue weighted by molar-refractivity contribution is 0.412. The number of anilines is 2. The van der Waals surface area contributed by atoms with Crippen molar-refractivity contribution >= 4 is 33.0 Å². The van der Waals surface area contributed by atoms with Gasteiger partial charge in [0, 0.05) is 21.4 Å². The molecule has 0 amide bonds. The molecule has 2 heterocycles. The Kier molecular flexibility index (Phi) is 3.78. The number of aryl methyl sites for hydroxylation is 2. The van der Waals surface area contributed by atoms with Gasteiger partial charge in [0.25, 0.3) is 0 Å².